The predicted octanol–water partition coefficient (Wildman–Crippen LogP) is 1.85. The standard InChI is InChI=1S/C17H25N3O/c1-17(9-5-8-15(17)18)16(21)20-12-10-19(11-13-20)14-6-3-2-4-7-14/h2-4,6-7,15H,5,8-13,18H2,1H3. The maximum Gasteiger partial charge on any atom is 0.230 e. The number of hydrogen-bond donors (Lipinski definition) is 1. The van der Waals surface area contributed by atoms with Crippen molar-refractivity contribution in [3.05, 3.63) is 30.3 Å². The van der Waals surface area contributed by atoms with Gasteiger partial charge in [0.25, 0.3) is 0 Å². The van der Waals surface area contributed by atoms with Gasteiger partial charge >= 0.3 is 0 Å². The number of hydrogen-bond acceptors (Lipinski definition) is 3. The predicted molar refractivity (Wildman–Crippen MR) is 85.2 cm³/mol. The number of benzene rings is 1. The quantitative estimate of drug-likeness (QED) is 0.903. The molecule has 0 radical (unpaired) electrons. The fourth-order valence-corrected chi connectivity index (χ4v) is 3.63. The maximum absolute atomic E-state index is 12.8. The molecule has 2 N–H and O–H groups in total. The Kier molecular flexibility index (Phi) is 3.89. The summed E-state index contributed by atoms with van der Waals surface area (Å²) in [5.41, 5.74) is 7.09. The number of para-hydroxylation sites is 1. The molecule has 1 saturated heterocycles. The first-order chi connectivity index (χ1) is 10.1. The summed E-state index contributed by atoms with van der Waals surface area (Å²) in [6.07, 6.45) is 2.99. The summed E-state index contributed by atoms with van der Waals surface area (Å²) in [6.45, 7) is 5.46. The second-order valence-electron chi connectivity index (χ2n) is 6.53. The van der Waals surface area contributed by atoms with Crippen LogP contribution in [0.1, 0.15) is 26.2 Å². The van der Waals surface area contributed by atoms with Gasteiger partial charge in [0.15, 0.2) is 0 Å². The molecular weight excluding hydrogens is 262 g/mol. The lowest BCUT2D eigenvalue weighted by Crippen LogP contribution is -2.55. The number of carbonyl (C=O) groups is 1. The number of nitrogens with two attached hydrogens (primary N) is 1. The Morgan fingerprint density at radius 1 is 1.19 bits per heavy atom. The highest BCUT2D eigenvalue weighted by Gasteiger charge is 2.45. The van der Waals surface area contributed by atoms with E-state index in [1.54, 1.807) is 0 Å². The number of carbonyl (C=O) groups excluding carboxylic acids is 1. The summed E-state index contributed by atoms with van der Waals surface area (Å²) in [5, 5.41) is 0. The van der Waals surface area contributed by atoms with Gasteiger partial charge in [-0.25, -0.2) is 0 Å². The van der Waals surface area contributed by atoms with Gasteiger partial charge in [-0.3, -0.25) is 4.79 Å². The molecule has 1 aromatic rings. The zero-order valence-corrected chi connectivity index (χ0v) is 12.8. The van der Waals surface area contributed by atoms with Crippen LogP contribution in [-0.4, -0.2) is 43.0 Å². The van der Waals surface area contributed by atoms with E-state index in [-0.39, 0.29) is 17.4 Å². The molecule has 0 spiro atoms. The van der Waals surface area contributed by atoms with Gasteiger partial charge in [-0.05, 0) is 31.9 Å². The van der Waals surface area contributed by atoms with Crippen LogP contribution in [0.5, 0.6) is 0 Å². The fraction of sp³-hybridized carbons (Fsp3) is 0.588. The van der Waals surface area contributed by atoms with Crippen molar-refractivity contribution in [1.29, 1.82) is 0 Å². The van der Waals surface area contributed by atoms with Crippen molar-refractivity contribution in [3.8, 4) is 0 Å². The first kappa shape index (κ1) is 14.4. The minimum absolute atomic E-state index is 0.0251. The smallest absolute Gasteiger partial charge is 0.230 e. The van der Waals surface area contributed by atoms with Crippen molar-refractivity contribution in [2.75, 3.05) is 31.1 Å². The third kappa shape index (κ3) is 2.64. The molecule has 3 rings (SSSR count). The van der Waals surface area contributed by atoms with Crippen LogP contribution >= 0.6 is 0 Å². The van der Waals surface area contributed by atoms with Crippen molar-refractivity contribution in [3.63, 3.8) is 0 Å². The van der Waals surface area contributed by atoms with E-state index in [4.69, 9.17) is 5.73 Å². The first-order valence-corrected chi connectivity index (χ1v) is 7.96. The molecule has 21 heavy (non-hydrogen) atoms. The highest BCUT2D eigenvalue weighted by Crippen LogP contribution is 2.38. The number of nitrogens with zero attached hydrogens (tertiary/aromatic N) is 2. The van der Waals surface area contributed by atoms with Crippen LogP contribution in [-0.2, 0) is 4.79 Å². The van der Waals surface area contributed by atoms with Crippen molar-refractivity contribution in [2.24, 2.45) is 11.1 Å². The molecule has 1 aliphatic heterocycles. The molecule has 4 heteroatoms. The molecule has 4 nitrogen and oxygen atoms in total. The zero-order chi connectivity index (χ0) is 14.9. The highest BCUT2D eigenvalue weighted by molar-refractivity contribution is 5.83. The summed E-state index contributed by atoms with van der Waals surface area (Å²) in [6, 6.07) is 10.4. The van der Waals surface area contributed by atoms with Crippen molar-refractivity contribution in [1.82, 2.24) is 4.90 Å². The summed E-state index contributed by atoms with van der Waals surface area (Å²) in [5.74, 6) is 0.264. The molecule has 2 aliphatic rings. The number of amides is 1. The topological polar surface area (TPSA) is 49.6 Å². The molecule has 0 bridgehead atoms. The van der Waals surface area contributed by atoms with Crippen molar-refractivity contribution in [2.45, 2.75) is 32.2 Å². The Morgan fingerprint density at radius 3 is 2.43 bits per heavy atom. The average molecular weight is 287 g/mol. The SMILES string of the molecule is CC1(C(=O)N2CCN(c3ccccc3)CC2)CCCC1N. The lowest BCUT2D eigenvalue weighted by atomic mass is 9.83. The highest BCUT2D eigenvalue weighted by atomic mass is 16.2. The van der Waals surface area contributed by atoms with E-state index in [0.717, 1.165) is 45.4 Å². The Balaban J connectivity index is 1.62. The van der Waals surface area contributed by atoms with E-state index >= 15 is 0 Å². The average Bonchev–Trinajstić information content (AvgIpc) is 2.88. The third-order valence-electron chi connectivity index (χ3n) is 5.21. The Bertz CT molecular complexity index is 496. The molecule has 1 amide bonds. The molecule has 1 saturated carbocycles. The summed E-state index contributed by atoms with van der Waals surface area (Å²) in [7, 11) is 0. The van der Waals surface area contributed by atoms with Gasteiger partial charge in [-0.15, -0.1) is 0 Å². The lowest BCUT2D eigenvalue weighted by molar-refractivity contribution is -0.142. The monoisotopic (exact) mass is 287 g/mol. The minimum atomic E-state index is -0.338. The summed E-state index contributed by atoms with van der Waals surface area (Å²) >= 11 is 0. The van der Waals surface area contributed by atoms with Crippen LogP contribution in [0.15, 0.2) is 30.3 Å². The van der Waals surface area contributed by atoms with Gasteiger partial charge < -0.3 is 15.5 Å². The molecule has 1 heterocycles. The Hall–Kier alpha value is -1.55. The zero-order valence-electron chi connectivity index (χ0n) is 12.8. The van der Waals surface area contributed by atoms with Gasteiger partial charge in [-0.2, -0.15) is 0 Å². The van der Waals surface area contributed by atoms with Gasteiger partial charge in [0, 0.05) is 37.9 Å². The lowest BCUT2D eigenvalue weighted by Gasteiger charge is -2.40. The first-order valence-electron chi connectivity index (χ1n) is 7.96. The molecule has 0 aromatic heterocycles. The molecule has 2 fully saturated rings. The molecule has 2 unspecified atom stereocenters. The largest absolute Gasteiger partial charge is 0.368 e. The van der Waals surface area contributed by atoms with E-state index in [9.17, 15) is 4.79 Å². The van der Waals surface area contributed by atoms with Gasteiger partial charge in [0.2, 0.25) is 5.91 Å². The molecule has 2 atom stereocenters. The van der Waals surface area contributed by atoms with Gasteiger partial charge in [-0.1, -0.05) is 24.6 Å². The normalized spacial score (nSPS) is 29.7. The third-order valence-corrected chi connectivity index (χ3v) is 5.21. The molecule has 1 aromatic carbocycles. The molecule has 1 aliphatic carbocycles. The molecule has 114 valence electrons. The summed E-state index contributed by atoms with van der Waals surface area (Å²) in [4.78, 5) is 17.2. The van der Waals surface area contributed by atoms with E-state index < -0.39 is 0 Å². The number of rotatable bonds is 2. The van der Waals surface area contributed by atoms with Crippen molar-refractivity contribution >= 4 is 11.6 Å². The maximum atomic E-state index is 12.8. The number of anilines is 1. The van der Waals surface area contributed by atoms with Gasteiger partial charge in [0.1, 0.15) is 0 Å². The molecular formula is C17H25N3O. The Labute approximate surface area is 126 Å². The van der Waals surface area contributed by atoms with Crippen LogP contribution in [0.3, 0.4) is 0 Å². The van der Waals surface area contributed by atoms with Crippen LogP contribution in [0, 0.1) is 5.41 Å². The fourth-order valence-electron chi connectivity index (χ4n) is 3.63. The summed E-state index contributed by atoms with van der Waals surface area (Å²) < 4.78 is 0. The van der Waals surface area contributed by atoms with Gasteiger partial charge in [0.05, 0.1) is 5.41 Å². The minimum Gasteiger partial charge on any atom is -0.368 e. The van der Waals surface area contributed by atoms with E-state index in [0.29, 0.717) is 0 Å². The van der Waals surface area contributed by atoms with Crippen LogP contribution < -0.4 is 10.6 Å². The number of piperazine rings is 1. The second kappa shape index (κ2) is 5.68. The second-order valence-corrected chi connectivity index (χ2v) is 6.53. The van der Waals surface area contributed by atoms with Crippen molar-refractivity contribution < 1.29 is 4.79 Å². The Morgan fingerprint density at radius 2 is 1.86 bits per heavy atom. The van der Waals surface area contributed by atoms with E-state index in [2.05, 4.69) is 36.1 Å². The van der Waals surface area contributed by atoms with Crippen LogP contribution in [0.2, 0.25) is 0 Å². The van der Waals surface area contributed by atoms with Crippen LogP contribution in [0.25, 0.3) is 0 Å². The van der Waals surface area contributed by atoms with E-state index in [1.165, 1.54) is 5.69 Å². The van der Waals surface area contributed by atoms with E-state index in [1.807, 2.05) is 11.0 Å². The van der Waals surface area contributed by atoms with Crippen LogP contribution in [0.4, 0.5) is 5.69 Å².